The molecule has 24 heavy (non-hydrogen) atoms. The number of allylic oxidation sites excluding steroid dienone is 1. The maximum Gasteiger partial charge on any atom is 0.213 e. The number of aromatic nitrogens is 3. The molecular weight excluding hydrogens is 302 g/mol. The molecule has 128 valence electrons. The maximum absolute atomic E-state index is 5.08. The van der Waals surface area contributed by atoms with E-state index in [2.05, 4.69) is 39.4 Å². The number of imidazole rings is 1. The second-order valence-electron chi connectivity index (χ2n) is 5.38. The molecule has 2 aromatic rings. The van der Waals surface area contributed by atoms with Gasteiger partial charge in [0.1, 0.15) is 0 Å². The van der Waals surface area contributed by atoms with E-state index in [1.54, 1.807) is 19.5 Å². The first-order chi connectivity index (χ1) is 11.7. The Kier molecular flexibility index (Phi) is 7.01. The highest BCUT2D eigenvalue weighted by Crippen LogP contribution is 2.12. The number of unbranched alkanes of at least 4 members (excludes halogenated alkanes) is 2. The zero-order valence-electron chi connectivity index (χ0n) is 14.6. The van der Waals surface area contributed by atoms with Crippen molar-refractivity contribution in [3.05, 3.63) is 48.7 Å². The van der Waals surface area contributed by atoms with Crippen LogP contribution in [0.25, 0.3) is 0 Å². The smallest absolute Gasteiger partial charge is 0.213 e. The molecule has 2 aromatic heterocycles. The summed E-state index contributed by atoms with van der Waals surface area (Å²) in [5.74, 6) is 2.08. The van der Waals surface area contributed by atoms with Gasteiger partial charge in [-0.15, -0.1) is 0 Å². The highest BCUT2D eigenvalue weighted by Gasteiger charge is 2.09. The molecular formula is C18H25N5O. The van der Waals surface area contributed by atoms with Crippen molar-refractivity contribution in [2.45, 2.75) is 26.2 Å². The van der Waals surface area contributed by atoms with Crippen LogP contribution in [0.2, 0.25) is 0 Å². The number of hydrogen-bond acceptors (Lipinski definition) is 4. The topological polar surface area (TPSA) is 64.3 Å². The van der Waals surface area contributed by atoms with Crippen molar-refractivity contribution in [1.82, 2.24) is 14.5 Å². The summed E-state index contributed by atoms with van der Waals surface area (Å²) in [7, 11) is 3.55. The Bertz CT molecular complexity index is 673. The molecule has 6 nitrogen and oxygen atoms in total. The molecule has 0 spiro atoms. The van der Waals surface area contributed by atoms with Crippen LogP contribution in [0, 0.1) is 0 Å². The first kappa shape index (κ1) is 17.7. The molecule has 2 rings (SSSR count). The number of rotatable bonds is 8. The largest absolute Gasteiger partial charge is 0.481 e. The molecule has 0 atom stereocenters. The third-order valence-corrected chi connectivity index (χ3v) is 3.49. The minimum absolute atomic E-state index is 0.579. The summed E-state index contributed by atoms with van der Waals surface area (Å²) in [5, 5.41) is 3.29. The Morgan fingerprint density at radius 1 is 1.33 bits per heavy atom. The van der Waals surface area contributed by atoms with Gasteiger partial charge in [0.05, 0.1) is 25.5 Å². The number of ether oxygens (including phenoxy) is 1. The van der Waals surface area contributed by atoms with Crippen LogP contribution in [0.3, 0.4) is 0 Å². The Hall–Kier alpha value is -2.63. The highest BCUT2D eigenvalue weighted by atomic mass is 16.5. The molecule has 0 aliphatic rings. The Morgan fingerprint density at radius 3 is 2.83 bits per heavy atom. The molecule has 0 saturated heterocycles. The summed E-state index contributed by atoms with van der Waals surface area (Å²) in [4.78, 5) is 13.2. The molecule has 0 aliphatic heterocycles. The Morgan fingerprint density at radius 2 is 2.21 bits per heavy atom. The van der Waals surface area contributed by atoms with E-state index in [4.69, 9.17) is 4.74 Å². The third-order valence-electron chi connectivity index (χ3n) is 3.49. The lowest BCUT2D eigenvalue weighted by molar-refractivity contribution is 0.398. The average Bonchev–Trinajstić information content (AvgIpc) is 3.03. The number of pyridine rings is 1. The van der Waals surface area contributed by atoms with Gasteiger partial charge in [-0.05, 0) is 12.5 Å². The number of aliphatic imine (C=N–C) groups is 1. The van der Waals surface area contributed by atoms with Crippen LogP contribution in [0.4, 0.5) is 5.69 Å². The quantitative estimate of drug-likeness (QED) is 0.349. The van der Waals surface area contributed by atoms with Crippen molar-refractivity contribution in [3.8, 4) is 5.88 Å². The molecule has 0 unspecified atom stereocenters. The van der Waals surface area contributed by atoms with E-state index in [0.717, 1.165) is 23.8 Å². The third kappa shape index (κ3) is 5.22. The molecule has 0 aromatic carbocycles. The minimum atomic E-state index is 0.579. The number of anilines is 1. The van der Waals surface area contributed by atoms with E-state index in [0.29, 0.717) is 12.4 Å². The predicted molar refractivity (Wildman–Crippen MR) is 97.7 cm³/mol. The van der Waals surface area contributed by atoms with E-state index in [1.807, 2.05) is 29.9 Å². The molecule has 0 fully saturated rings. The lowest BCUT2D eigenvalue weighted by Crippen LogP contribution is -2.19. The fraction of sp³-hybridized carbons (Fsp3) is 0.389. The Balaban J connectivity index is 2.10. The van der Waals surface area contributed by atoms with Crippen LogP contribution in [-0.2, 0) is 7.05 Å². The lowest BCUT2D eigenvalue weighted by Gasteiger charge is -2.10. The van der Waals surface area contributed by atoms with Gasteiger partial charge >= 0.3 is 0 Å². The molecule has 2 heterocycles. The van der Waals surface area contributed by atoms with Gasteiger partial charge in [0.25, 0.3) is 0 Å². The zero-order valence-corrected chi connectivity index (χ0v) is 14.6. The number of methoxy groups -OCH3 is 1. The second-order valence-corrected chi connectivity index (χ2v) is 5.38. The van der Waals surface area contributed by atoms with Crippen LogP contribution in [0.1, 0.15) is 32.0 Å². The van der Waals surface area contributed by atoms with Gasteiger partial charge in [0.15, 0.2) is 11.7 Å². The number of nitrogens with one attached hydrogen (secondary N) is 1. The van der Waals surface area contributed by atoms with Crippen molar-refractivity contribution in [2.24, 2.45) is 12.0 Å². The van der Waals surface area contributed by atoms with Crippen LogP contribution in [0.5, 0.6) is 5.88 Å². The fourth-order valence-corrected chi connectivity index (χ4v) is 2.13. The number of nitrogens with zero attached hydrogens (tertiary/aromatic N) is 4. The van der Waals surface area contributed by atoms with Crippen molar-refractivity contribution < 1.29 is 4.74 Å². The normalized spacial score (nSPS) is 11.9. The van der Waals surface area contributed by atoms with Crippen molar-refractivity contribution in [1.29, 1.82) is 0 Å². The van der Waals surface area contributed by atoms with Crippen LogP contribution in [-0.4, -0.2) is 34.0 Å². The van der Waals surface area contributed by atoms with Gasteiger partial charge in [-0.3, -0.25) is 4.99 Å². The van der Waals surface area contributed by atoms with Gasteiger partial charge in [-0.1, -0.05) is 31.9 Å². The average molecular weight is 327 g/mol. The van der Waals surface area contributed by atoms with Gasteiger partial charge in [-0.25, -0.2) is 9.97 Å². The summed E-state index contributed by atoms with van der Waals surface area (Å²) in [6.07, 6.45) is 13.2. The maximum atomic E-state index is 5.08. The number of hydrogen-bond donors (Lipinski definition) is 1. The van der Waals surface area contributed by atoms with Gasteiger partial charge < -0.3 is 14.6 Å². The molecule has 0 aliphatic carbocycles. The number of aryl methyl sites for hydroxylation is 1. The summed E-state index contributed by atoms with van der Waals surface area (Å²) >= 11 is 0. The zero-order chi connectivity index (χ0) is 17.2. The van der Waals surface area contributed by atoms with E-state index in [-0.39, 0.29) is 0 Å². The van der Waals surface area contributed by atoms with E-state index < -0.39 is 0 Å². The molecule has 1 N–H and O–H groups in total. The second kappa shape index (κ2) is 9.50. The lowest BCUT2D eigenvalue weighted by atomic mass is 10.2. The number of amidine groups is 1. The summed E-state index contributed by atoms with van der Waals surface area (Å²) in [5.41, 5.74) is 0.840. The Labute approximate surface area is 143 Å². The predicted octanol–water partition coefficient (Wildman–Crippen LogP) is 3.43. The van der Waals surface area contributed by atoms with E-state index in [9.17, 15) is 0 Å². The van der Waals surface area contributed by atoms with Crippen molar-refractivity contribution in [2.75, 3.05) is 19.0 Å². The first-order valence-electron chi connectivity index (χ1n) is 8.18. The molecule has 0 amide bonds. The standard InChI is InChI=1S/C18H25N5O/c1-4-5-6-7-8-11-19-17(18-20-12-13-23(18)2)22-15-9-10-16(24-3)21-14-15/h7-10,12-14H,4-6,11H2,1-3H3,(H,19,22)/b8-7+. The van der Waals surface area contributed by atoms with Gasteiger partial charge in [-0.2, -0.15) is 0 Å². The molecule has 0 saturated carbocycles. The van der Waals surface area contributed by atoms with E-state index >= 15 is 0 Å². The summed E-state index contributed by atoms with van der Waals surface area (Å²) in [6, 6.07) is 3.71. The van der Waals surface area contributed by atoms with Crippen LogP contribution < -0.4 is 10.1 Å². The van der Waals surface area contributed by atoms with Crippen molar-refractivity contribution >= 4 is 11.5 Å². The van der Waals surface area contributed by atoms with Crippen LogP contribution >= 0.6 is 0 Å². The molecule has 6 heteroatoms. The molecule has 0 bridgehead atoms. The van der Waals surface area contributed by atoms with Crippen molar-refractivity contribution in [3.63, 3.8) is 0 Å². The fourth-order valence-electron chi connectivity index (χ4n) is 2.13. The SMILES string of the molecule is CCCC/C=C/CN=C(Nc1ccc(OC)nc1)c1nccn1C. The van der Waals surface area contributed by atoms with E-state index in [1.165, 1.54) is 12.8 Å². The van der Waals surface area contributed by atoms with Crippen LogP contribution in [0.15, 0.2) is 47.9 Å². The molecule has 0 radical (unpaired) electrons. The highest BCUT2D eigenvalue weighted by molar-refractivity contribution is 6.05. The van der Waals surface area contributed by atoms with Gasteiger partial charge in [0.2, 0.25) is 5.88 Å². The summed E-state index contributed by atoms with van der Waals surface area (Å²) < 4.78 is 7.02. The minimum Gasteiger partial charge on any atom is -0.481 e. The van der Waals surface area contributed by atoms with Gasteiger partial charge in [0, 0.05) is 25.5 Å². The first-order valence-corrected chi connectivity index (χ1v) is 8.18. The summed E-state index contributed by atoms with van der Waals surface area (Å²) in [6.45, 7) is 2.81. The monoisotopic (exact) mass is 327 g/mol.